The Bertz CT molecular complexity index is 945. The van der Waals surface area contributed by atoms with Gasteiger partial charge in [-0.15, -0.1) is 0 Å². The number of hydrogen-bond donors (Lipinski definition) is 2. The number of aromatic amines is 2. The molecule has 1 unspecified atom stereocenters. The van der Waals surface area contributed by atoms with Gasteiger partial charge in [0, 0.05) is 41.5 Å². The number of likely N-dealkylation sites (tertiary alicyclic amines) is 1. The van der Waals surface area contributed by atoms with E-state index in [1.807, 2.05) is 41.6 Å². The first kappa shape index (κ1) is 15.4. The fraction of sp³-hybridized carbons (Fsp3) is 0.350. The van der Waals surface area contributed by atoms with Gasteiger partial charge in [-0.25, -0.2) is 0 Å². The average Bonchev–Trinajstić information content (AvgIpc) is 3.42. The maximum atomic E-state index is 13.2. The number of piperidine rings is 1. The molecule has 0 bridgehead atoms. The van der Waals surface area contributed by atoms with E-state index >= 15 is 0 Å². The number of nitrogens with one attached hydrogen (secondary N) is 2. The molecule has 5 rings (SSSR count). The van der Waals surface area contributed by atoms with Crippen LogP contribution in [0.2, 0.25) is 0 Å². The fourth-order valence-corrected chi connectivity index (χ4v) is 4.60. The van der Waals surface area contributed by atoms with E-state index < -0.39 is 0 Å². The second-order valence-corrected chi connectivity index (χ2v) is 7.45. The molecule has 6 heteroatoms. The maximum Gasteiger partial charge on any atom is 0.253 e. The molecule has 2 aliphatic rings. The minimum atomic E-state index is 0.0575. The maximum absolute atomic E-state index is 13.2. The third kappa shape index (κ3) is 2.36. The van der Waals surface area contributed by atoms with E-state index in [0.717, 1.165) is 55.5 Å². The second-order valence-electron chi connectivity index (χ2n) is 7.45. The van der Waals surface area contributed by atoms with Crippen LogP contribution in [0.4, 0.5) is 0 Å². The molecule has 2 N–H and O–H groups in total. The van der Waals surface area contributed by atoms with Crippen molar-refractivity contribution in [1.82, 2.24) is 25.3 Å². The molecule has 0 saturated carbocycles. The molecule has 26 heavy (non-hydrogen) atoms. The summed E-state index contributed by atoms with van der Waals surface area (Å²) in [6.45, 7) is 1.59. The van der Waals surface area contributed by atoms with Gasteiger partial charge in [0.1, 0.15) is 0 Å². The molecule has 1 spiro atoms. The van der Waals surface area contributed by atoms with Crippen molar-refractivity contribution in [3.05, 3.63) is 59.7 Å². The number of amides is 1. The smallest absolute Gasteiger partial charge is 0.253 e. The summed E-state index contributed by atoms with van der Waals surface area (Å²) in [5, 5.41) is 14.3. The van der Waals surface area contributed by atoms with Gasteiger partial charge in [0.25, 0.3) is 5.91 Å². The fourth-order valence-electron chi connectivity index (χ4n) is 4.60. The van der Waals surface area contributed by atoms with Crippen molar-refractivity contribution in [2.24, 2.45) is 0 Å². The van der Waals surface area contributed by atoms with Gasteiger partial charge in [-0.2, -0.15) is 10.2 Å². The Kier molecular flexibility index (Phi) is 3.45. The zero-order valence-corrected chi connectivity index (χ0v) is 14.5. The molecule has 3 heterocycles. The molecule has 0 radical (unpaired) electrons. The minimum Gasteiger partial charge on any atom is -0.338 e. The van der Waals surface area contributed by atoms with Gasteiger partial charge < -0.3 is 4.90 Å². The highest BCUT2D eigenvalue weighted by Gasteiger charge is 2.44. The van der Waals surface area contributed by atoms with E-state index in [1.54, 1.807) is 6.20 Å². The lowest BCUT2D eigenvalue weighted by Crippen LogP contribution is -2.47. The van der Waals surface area contributed by atoms with Crippen molar-refractivity contribution in [2.45, 2.75) is 31.1 Å². The number of rotatable bonds is 2. The number of carbonyl (C=O) groups excluding carboxylic acids is 1. The summed E-state index contributed by atoms with van der Waals surface area (Å²) < 4.78 is 0. The number of benzene rings is 1. The topological polar surface area (TPSA) is 77.7 Å². The summed E-state index contributed by atoms with van der Waals surface area (Å²) in [4.78, 5) is 15.2. The largest absolute Gasteiger partial charge is 0.338 e. The Morgan fingerprint density at radius 1 is 1.15 bits per heavy atom. The lowest BCUT2D eigenvalue weighted by molar-refractivity contribution is 0.0633. The number of H-pyrrole nitrogens is 2. The molecule has 3 aromatic rings. The second kappa shape index (κ2) is 5.83. The van der Waals surface area contributed by atoms with Crippen LogP contribution in [0.15, 0.2) is 42.9 Å². The minimum absolute atomic E-state index is 0.0575. The normalized spacial score (nSPS) is 21.9. The summed E-state index contributed by atoms with van der Waals surface area (Å²) in [6, 6.07) is 7.82. The van der Waals surface area contributed by atoms with Crippen LogP contribution < -0.4 is 0 Å². The molecule has 6 nitrogen and oxygen atoms in total. The molecule has 1 aliphatic carbocycles. The van der Waals surface area contributed by atoms with Gasteiger partial charge in [0.15, 0.2) is 0 Å². The van der Waals surface area contributed by atoms with Gasteiger partial charge in [0.2, 0.25) is 0 Å². The molecule has 1 aromatic carbocycles. The van der Waals surface area contributed by atoms with E-state index in [-0.39, 0.29) is 11.3 Å². The zero-order chi connectivity index (χ0) is 17.6. The van der Waals surface area contributed by atoms with Crippen molar-refractivity contribution in [3.8, 4) is 11.1 Å². The number of aryl methyl sites for hydroxylation is 1. The zero-order valence-electron chi connectivity index (χ0n) is 14.5. The Morgan fingerprint density at radius 2 is 2.12 bits per heavy atom. The highest BCUT2D eigenvalue weighted by atomic mass is 16.2. The monoisotopic (exact) mass is 347 g/mol. The van der Waals surface area contributed by atoms with Gasteiger partial charge in [-0.3, -0.25) is 15.0 Å². The highest BCUT2D eigenvalue weighted by molar-refractivity contribution is 5.95. The van der Waals surface area contributed by atoms with E-state index in [9.17, 15) is 4.79 Å². The summed E-state index contributed by atoms with van der Waals surface area (Å²) >= 11 is 0. The standard InChI is InChI=1S/C20H21N5O/c26-19(15-4-1-3-14(9-15)17-11-21-22-12-17)25-8-2-6-20(13-25)7-5-16-10-23-24-18(16)20/h1,3-4,9-12H,2,5-8,13H2,(H,21,22)(H,23,24). The van der Waals surface area contributed by atoms with Crippen LogP contribution in [0, 0.1) is 0 Å². The van der Waals surface area contributed by atoms with Crippen LogP contribution in [0.3, 0.4) is 0 Å². The lowest BCUT2D eigenvalue weighted by Gasteiger charge is -2.40. The van der Waals surface area contributed by atoms with E-state index in [2.05, 4.69) is 20.4 Å². The number of aromatic nitrogens is 4. The Morgan fingerprint density at radius 3 is 3.00 bits per heavy atom. The van der Waals surface area contributed by atoms with Crippen LogP contribution in [0.25, 0.3) is 11.1 Å². The molecular weight excluding hydrogens is 326 g/mol. The molecule has 1 atom stereocenters. The van der Waals surface area contributed by atoms with Crippen LogP contribution in [-0.2, 0) is 11.8 Å². The van der Waals surface area contributed by atoms with Gasteiger partial charge in [0.05, 0.1) is 12.4 Å². The first-order valence-electron chi connectivity index (χ1n) is 9.16. The predicted octanol–water partition coefficient (Wildman–Crippen LogP) is 2.92. The molecule has 1 aliphatic heterocycles. The van der Waals surface area contributed by atoms with Gasteiger partial charge in [-0.05, 0) is 48.9 Å². The van der Waals surface area contributed by atoms with E-state index in [4.69, 9.17) is 0 Å². The molecular formula is C20H21N5O. The Hall–Kier alpha value is -2.89. The average molecular weight is 347 g/mol. The number of carbonyl (C=O) groups is 1. The summed E-state index contributed by atoms with van der Waals surface area (Å²) in [6.07, 6.45) is 9.89. The molecule has 1 amide bonds. The van der Waals surface area contributed by atoms with Crippen LogP contribution in [-0.4, -0.2) is 44.3 Å². The van der Waals surface area contributed by atoms with E-state index in [1.165, 1.54) is 11.3 Å². The molecule has 132 valence electrons. The quantitative estimate of drug-likeness (QED) is 0.748. The van der Waals surface area contributed by atoms with E-state index in [0.29, 0.717) is 0 Å². The van der Waals surface area contributed by atoms with Crippen molar-refractivity contribution < 1.29 is 4.79 Å². The van der Waals surface area contributed by atoms with Crippen molar-refractivity contribution >= 4 is 5.91 Å². The third-order valence-corrected chi connectivity index (χ3v) is 5.93. The third-order valence-electron chi connectivity index (χ3n) is 5.93. The molecule has 1 saturated heterocycles. The number of nitrogens with zero attached hydrogens (tertiary/aromatic N) is 3. The number of fused-ring (bicyclic) bond motifs is 2. The van der Waals surface area contributed by atoms with Crippen molar-refractivity contribution in [1.29, 1.82) is 0 Å². The van der Waals surface area contributed by atoms with Crippen molar-refractivity contribution in [2.75, 3.05) is 13.1 Å². The summed E-state index contributed by atoms with van der Waals surface area (Å²) in [7, 11) is 0. The molecule has 1 fully saturated rings. The van der Waals surface area contributed by atoms with Crippen molar-refractivity contribution in [3.63, 3.8) is 0 Å². The van der Waals surface area contributed by atoms with Gasteiger partial charge in [-0.1, -0.05) is 12.1 Å². The van der Waals surface area contributed by atoms with Crippen LogP contribution >= 0.6 is 0 Å². The SMILES string of the molecule is O=C(c1cccc(-c2cn[nH]c2)c1)N1CCCC2(CCc3cn[nH]c32)C1. The van der Waals surface area contributed by atoms with Crippen LogP contribution in [0.1, 0.15) is 40.9 Å². The first-order valence-corrected chi connectivity index (χ1v) is 9.16. The van der Waals surface area contributed by atoms with Gasteiger partial charge >= 0.3 is 0 Å². The molecule has 2 aromatic heterocycles. The lowest BCUT2D eigenvalue weighted by atomic mass is 9.77. The Labute approximate surface area is 151 Å². The summed E-state index contributed by atoms with van der Waals surface area (Å²) in [5.41, 5.74) is 5.37. The van der Waals surface area contributed by atoms with Crippen LogP contribution in [0.5, 0.6) is 0 Å². The first-order chi connectivity index (χ1) is 12.8. The Balaban J connectivity index is 1.42. The summed E-state index contributed by atoms with van der Waals surface area (Å²) in [5.74, 6) is 0.113. The predicted molar refractivity (Wildman–Crippen MR) is 97.7 cm³/mol. The highest BCUT2D eigenvalue weighted by Crippen LogP contribution is 2.44. The number of hydrogen-bond acceptors (Lipinski definition) is 3.